The van der Waals surface area contributed by atoms with Gasteiger partial charge in [-0.2, -0.15) is 5.10 Å². The largest absolute Gasteiger partial charge is 0.330 e. The van der Waals surface area contributed by atoms with Gasteiger partial charge >= 0.3 is 0 Å². The third kappa shape index (κ3) is 4.21. The number of nitrogens with one attached hydrogen (secondary N) is 1. The lowest BCUT2D eigenvalue weighted by molar-refractivity contribution is -0.130. The molecule has 1 aliphatic rings. The lowest BCUT2D eigenvalue weighted by Gasteiger charge is -2.23. The van der Waals surface area contributed by atoms with Gasteiger partial charge in [0, 0.05) is 18.5 Å². The SMILES string of the molecule is C=CC(=O)N(CC)CC(=O)Nc1cc(C2CC2)nn1C(C)(C)C. The minimum Gasteiger partial charge on any atom is -0.330 e. The van der Waals surface area contributed by atoms with Crippen LogP contribution in [0.1, 0.15) is 52.1 Å². The molecule has 1 aromatic heterocycles. The molecule has 0 spiro atoms. The van der Waals surface area contributed by atoms with Crippen LogP contribution in [0.15, 0.2) is 18.7 Å². The maximum Gasteiger partial charge on any atom is 0.246 e. The van der Waals surface area contributed by atoms with E-state index in [1.165, 1.54) is 11.0 Å². The Labute approximate surface area is 137 Å². The summed E-state index contributed by atoms with van der Waals surface area (Å²) in [7, 11) is 0. The van der Waals surface area contributed by atoms with Crippen LogP contribution < -0.4 is 5.32 Å². The molecule has 1 N–H and O–H groups in total. The second-order valence-corrected chi connectivity index (χ2v) is 6.92. The Balaban J connectivity index is 2.13. The van der Waals surface area contributed by atoms with Crippen LogP contribution in [0.4, 0.5) is 5.82 Å². The second-order valence-electron chi connectivity index (χ2n) is 6.92. The van der Waals surface area contributed by atoms with E-state index in [9.17, 15) is 9.59 Å². The first kappa shape index (κ1) is 17.2. The zero-order chi connectivity index (χ0) is 17.2. The molecule has 23 heavy (non-hydrogen) atoms. The Morgan fingerprint density at radius 3 is 2.61 bits per heavy atom. The lowest BCUT2D eigenvalue weighted by Crippen LogP contribution is -2.37. The van der Waals surface area contributed by atoms with E-state index >= 15 is 0 Å². The topological polar surface area (TPSA) is 67.2 Å². The predicted octanol–water partition coefficient (Wildman–Crippen LogP) is 2.49. The van der Waals surface area contributed by atoms with Crippen LogP contribution in [-0.2, 0) is 15.1 Å². The third-order valence-corrected chi connectivity index (χ3v) is 3.83. The van der Waals surface area contributed by atoms with Gasteiger partial charge in [0.25, 0.3) is 0 Å². The summed E-state index contributed by atoms with van der Waals surface area (Å²) in [6.45, 7) is 11.9. The minimum absolute atomic E-state index is 0.00936. The highest BCUT2D eigenvalue weighted by atomic mass is 16.2. The molecule has 1 aliphatic carbocycles. The molecule has 1 saturated carbocycles. The first-order valence-corrected chi connectivity index (χ1v) is 8.08. The van der Waals surface area contributed by atoms with Gasteiger partial charge < -0.3 is 10.2 Å². The Bertz CT molecular complexity index is 609. The van der Waals surface area contributed by atoms with E-state index < -0.39 is 0 Å². The molecule has 2 rings (SSSR count). The van der Waals surface area contributed by atoms with E-state index in [2.05, 4.69) is 17.0 Å². The molecule has 0 bridgehead atoms. The van der Waals surface area contributed by atoms with E-state index in [0.717, 1.165) is 18.5 Å². The Morgan fingerprint density at radius 2 is 2.13 bits per heavy atom. The second kappa shape index (κ2) is 6.56. The zero-order valence-corrected chi connectivity index (χ0v) is 14.4. The van der Waals surface area contributed by atoms with Crippen LogP contribution in [0, 0.1) is 0 Å². The van der Waals surface area contributed by atoms with Gasteiger partial charge in [0.2, 0.25) is 11.8 Å². The fourth-order valence-corrected chi connectivity index (χ4v) is 2.41. The van der Waals surface area contributed by atoms with Crippen molar-refractivity contribution in [3.63, 3.8) is 0 Å². The monoisotopic (exact) mass is 318 g/mol. The summed E-state index contributed by atoms with van der Waals surface area (Å²) in [6.07, 6.45) is 3.54. The van der Waals surface area contributed by atoms with Crippen molar-refractivity contribution in [3.8, 4) is 0 Å². The van der Waals surface area contributed by atoms with Crippen molar-refractivity contribution in [2.45, 2.75) is 52.0 Å². The number of nitrogens with zero attached hydrogens (tertiary/aromatic N) is 3. The van der Waals surface area contributed by atoms with E-state index in [0.29, 0.717) is 18.3 Å². The van der Waals surface area contributed by atoms with Gasteiger partial charge in [-0.25, -0.2) is 4.68 Å². The van der Waals surface area contributed by atoms with E-state index in [1.54, 1.807) is 0 Å². The van der Waals surface area contributed by atoms with Gasteiger partial charge in [-0.15, -0.1) is 0 Å². The quantitative estimate of drug-likeness (QED) is 0.819. The van der Waals surface area contributed by atoms with Gasteiger partial charge in [-0.1, -0.05) is 6.58 Å². The van der Waals surface area contributed by atoms with Gasteiger partial charge in [-0.05, 0) is 46.6 Å². The average molecular weight is 318 g/mol. The number of amides is 2. The molecule has 0 aliphatic heterocycles. The Hall–Kier alpha value is -2.11. The summed E-state index contributed by atoms with van der Waals surface area (Å²) >= 11 is 0. The number of hydrogen-bond donors (Lipinski definition) is 1. The molecule has 0 atom stereocenters. The average Bonchev–Trinajstić information content (AvgIpc) is 3.24. The molecule has 0 saturated heterocycles. The van der Waals surface area contributed by atoms with Gasteiger partial charge in [0.05, 0.1) is 11.2 Å². The maximum absolute atomic E-state index is 12.3. The van der Waals surface area contributed by atoms with Crippen molar-refractivity contribution in [3.05, 3.63) is 24.4 Å². The number of hydrogen-bond acceptors (Lipinski definition) is 3. The van der Waals surface area contributed by atoms with Crippen molar-refractivity contribution < 1.29 is 9.59 Å². The van der Waals surface area contributed by atoms with E-state index in [-0.39, 0.29) is 23.9 Å². The fourth-order valence-electron chi connectivity index (χ4n) is 2.41. The van der Waals surface area contributed by atoms with Crippen molar-refractivity contribution in [1.29, 1.82) is 0 Å². The number of aromatic nitrogens is 2. The van der Waals surface area contributed by atoms with Crippen LogP contribution in [0.3, 0.4) is 0 Å². The van der Waals surface area contributed by atoms with Crippen LogP contribution in [0.25, 0.3) is 0 Å². The fraction of sp³-hybridized carbons (Fsp3) is 0.588. The lowest BCUT2D eigenvalue weighted by atomic mass is 10.1. The molecule has 1 heterocycles. The summed E-state index contributed by atoms with van der Waals surface area (Å²) in [5, 5.41) is 7.55. The molecule has 1 fully saturated rings. The molecule has 1 aromatic rings. The number of anilines is 1. The highest BCUT2D eigenvalue weighted by Crippen LogP contribution is 2.40. The summed E-state index contributed by atoms with van der Waals surface area (Å²) in [5.74, 6) is 0.732. The minimum atomic E-state index is -0.245. The molecule has 0 aromatic carbocycles. The molecule has 6 nitrogen and oxygen atoms in total. The molecular formula is C17H26N4O2. The first-order chi connectivity index (χ1) is 10.8. The molecule has 0 unspecified atom stereocenters. The summed E-state index contributed by atoms with van der Waals surface area (Å²) in [6, 6.07) is 1.95. The van der Waals surface area contributed by atoms with Crippen LogP contribution in [-0.4, -0.2) is 39.6 Å². The zero-order valence-electron chi connectivity index (χ0n) is 14.4. The van der Waals surface area contributed by atoms with Gasteiger partial charge in [-0.3, -0.25) is 9.59 Å². The van der Waals surface area contributed by atoms with Crippen LogP contribution in [0.5, 0.6) is 0 Å². The van der Waals surface area contributed by atoms with Crippen molar-refractivity contribution in [2.24, 2.45) is 0 Å². The van der Waals surface area contributed by atoms with Crippen molar-refractivity contribution in [1.82, 2.24) is 14.7 Å². The molecule has 2 amide bonds. The van der Waals surface area contributed by atoms with Crippen LogP contribution in [0.2, 0.25) is 0 Å². The highest BCUT2D eigenvalue weighted by Gasteiger charge is 2.30. The standard InChI is InChI=1S/C17H26N4O2/c1-6-16(23)20(7-2)11-15(22)18-14-10-13(12-8-9-12)19-21(14)17(3,4)5/h6,10,12H,1,7-9,11H2,2-5H3,(H,18,22). The number of carbonyl (C=O) groups is 2. The van der Waals surface area contributed by atoms with Gasteiger partial charge in [0.1, 0.15) is 12.4 Å². The first-order valence-electron chi connectivity index (χ1n) is 8.08. The number of likely N-dealkylation sites (N-methyl/N-ethyl adjacent to an activating group) is 1. The Kier molecular flexibility index (Phi) is 4.92. The summed E-state index contributed by atoms with van der Waals surface area (Å²) < 4.78 is 1.85. The molecule has 0 radical (unpaired) electrons. The molecular weight excluding hydrogens is 292 g/mol. The normalized spacial score (nSPS) is 14.4. The van der Waals surface area contributed by atoms with Crippen LogP contribution >= 0.6 is 0 Å². The molecule has 6 heteroatoms. The number of carbonyl (C=O) groups excluding carboxylic acids is 2. The third-order valence-electron chi connectivity index (χ3n) is 3.83. The summed E-state index contributed by atoms with van der Waals surface area (Å²) in [5.41, 5.74) is 0.807. The predicted molar refractivity (Wildman–Crippen MR) is 90.3 cm³/mol. The highest BCUT2D eigenvalue weighted by molar-refractivity contribution is 5.96. The van der Waals surface area contributed by atoms with E-state index in [1.807, 2.05) is 38.4 Å². The van der Waals surface area contributed by atoms with Crippen molar-refractivity contribution in [2.75, 3.05) is 18.4 Å². The maximum atomic E-state index is 12.3. The summed E-state index contributed by atoms with van der Waals surface area (Å²) in [4.78, 5) is 25.4. The smallest absolute Gasteiger partial charge is 0.246 e. The number of rotatable bonds is 6. The van der Waals surface area contributed by atoms with Crippen molar-refractivity contribution >= 4 is 17.6 Å². The van der Waals surface area contributed by atoms with E-state index in [4.69, 9.17) is 0 Å². The molecule has 126 valence electrons. The Morgan fingerprint density at radius 1 is 1.48 bits per heavy atom. The van der Waals surface area contributed by atoms with Gasteiger partial charge in [0.15, 0.2) is 0 Å².